The molecular weight excluding hydrogens is 310 g/mol. The number of ether oxygens (including phenoxy) is 1. The van der Waals surface area contributed by atoms with Crippen molar-refractivity contribution in [2.24, 2.45) is 0 Å². The van der Waals surface area contributed by atoms with E-state index in [9.17, 15) is 14.4 Å². The van der Waals surface area contributed by atoms with Gasteiger partial charge in [0.05, 0.1) is 30.5 Å². The van der Waals surface area contributed by atoms with E-state index in [4.69, 9.17) is 4.74 Å². The van der Waals surface area contributed by atoms with Gasteiger partial charge in [0, 0.05) is 13.0 Å². The quantitative estimate of drug-likeness (QED) is 0.778. The van der Waals surface area contributed by atoms with Crippen molar-refractivity contribution >= 4 is 22.8 Å². The Kier molecular flexibility index (Phi) is 6.06. The van der Waals surface area contributed by atoms with Gasteiger partial charge >= 0.3 is 5.97 Å². The number of carbonyl (C=O) groups is 2. The Morgan fingerprint density at radius 3 is 2.67 bits per heavy atom. The second-order valence-electron chi connectivity index (χ2n) is 5.24. The highest BCUT2D eigenvalue weighted by Crippen LogP contribution is 2.08. The maximum absolute atomic E-state index is 12.2. The van der Waals surface area contributed by atoms with Gasteiger partial charge in [-0.3, -0.25) is 14.4 Å². The van der Waals surface area contributed by atoms with E-state index in [0.29, 0.717) is 29.9 Å². The Balaban J connectivity index is 2.08. The summed E-state index contributed by atoms with van der Waals surface area (Å²) in [4.78, 5) is 44.3. The predicted octanol–water partition coefficient (Wildman–Crippen LogP) is 1.61. The summed E-state index contributed by atoms with van der Waals surface area (Å²) in [5.74, 6) is -0.148. The monoisotopic (exact) mass is 331 g/mol. The fraction of sp³-hybridized carbons (Fsp3) is 0.412. The molecular formula is C17H21N3O4. The zero-order valence-electron chi connectivity index (χ0n) is 13.9. The van der Waals surface area contributed by atoms with Crippen LogP contribution in [0.15, 0.2) is 29.1 Å². The van der Waals surface area contributed by atoms with Crippen LogP contribution in [0.1, 0.15) is 32.5 Å². The molecule has 0 fully saturated rings. The molecule has 1 aromatic heterocycles. The second-order valence-corrected chi connectivity index (χ2v) is 5.24. The van der Waals surface area contributed by atoms with Crippen molar-refractivity contribution in [3.05, 3.63) is 40.4 Å². The highest BCUT2D eigenvalue weighted by molar-refractivity contribution is 5.81. The lowest BCUT2D eigenvalue weighted by molar-refractivity contribution is -0.145. The largest absolute Gasteiger partial charge is 0.466 e. The second kappa shape index (κ2) is 8.24. The first kappa shape index (κ1) is 17.7. The molecule has 1 amide bonds. The van der Waals surface area contributed by atoms with Gasteiger partial charge < -0.3 is 14.6 Å². The Hall–Kier alpha value is -2.70. The Morgan fingerprint density at radius 2 is 1.96 bits per heavy atom. The fourth-order valence-electron chi connectivity index (χ4n) is 2.37. The molecule has 0 saturated heterocycles. The number of amides is 1. The minimum absolute atomic E-state index is 0.0465. The molecule has 0 spiro atoms. The van der Waals surface area contributed by atoms with Crippen molar-refractivity contribution in [2.45, 2.75) is 33.2 Å². The normalized spacial score (nSPS) is 10.6. The zero-order chi connectivity index (χ0) is 17.5. The van der Waals surface area contributed by atoms with Gasteiger partial charge in [-0.25, -0.2) is 4.98 Å². The molecule has 128 valence electrons. The van der Waals surface area contributed by atoms with Gasteiger partial charge in [-0.1, -0.05) is 12.1 Å². The van der Waals surface area contributed by atoms with Crippen LogP contribution >= 0.6 is 0 Å². The summed E-state index contributed by atoms with van der Waals surface area (Å²) in [6, 6.07) is 7.04. The van der Waals surface area contributed by atoms with Gasteiger partial charge in [0.15, 0.2) is 0 Å². The third kappa shape index (κ3) is 4.41. The van der Waals surface area contributed by atoms with Crippen LogP contribution in [0.5, 0.6) is 0 Å². The van der Waals surface area contributed by atoms with E-state index in [1.54, 1.807) is 36.1 Å². The van der Waals surface area contributed by atoms with E-state index >= 15 is 0 Å². The number of aromatic nitrogens is 2. The lowest BCUT2D eigenvalue weighted by Crippen LogP contribution is -2.32. The Bertz CT molecular complexity index is 785. The molecule has 0 saturated carbocycles. The summed E-state index contributed by atoms with van der Waals surface area (Å²) in [6.07, 6.45) is 0.120. The van der Waals surface area contributed by atoms with Crippen molar-refractivity contribution in [3.8, 4) is 0 Å². The SMILES string of the molecule is CCOC(=O)CCC(=O)N(CC)Cc1nc2ccccc2c(=O)[nH]1. The summed E-state index contributed by atoms with van der Waals surface area (Å²) in [6.45, 7) is 4.50. The molecule has 1 N–H and O–H groups in total. The molecule has 7 heteroatoms. The minimum atomic E-state index is -0.390. The number of carbonyl (C=O) groups excluding carboxylic acids is 2. The van der Waals surface area contributed by atoms with E-state index in [0.717, 1.165) is 0 Å². The summed E-state index contributed by atoms with van der Waals surface area (Å²) in [5, 5.41) is 0.512. The number of benzene rings is 1. The minimum Gasteiger partial charge on any atom is -0.466 e. The lowest BCUT2D eigenvalue weighted by atomic mass is 10.2. The fourth-order valence-corrected chi connectivity index (χ4v) is 2.37. The number of para-hydroxylation sites is 1. The number of H-pyrrole nitrogens is 1. The summed E-state index contributed by atoms with van der Waals surface area (Å²) < 4.78 is 4.82. The van der Waals surface area contributed by atoms with Gasteiger partial charge in [-0.15, -0.1) is 0 Å². The summed E-state index contributed by atoms with van der Waals surface area (Å²) in [7, 11) is 0. The maximum Gasteiger partial charge on any atom is 0.306 e. The van der Waals surface area contributed by atoms with Crippen molar-refractivity contribution in [3.63, 3.8) is 0 Å². The Morgan fingerprint density at radius 1 is 1.21 bits per heavy atom. The number of nitrogens with zero attached hydrogens (tertiary/aromatic N) is 2. The van der Waals surface area contributed by atoms with Crippen molar-refractivity contribution in [1.82, 2.24) is 14.9 Å². The number of esters is 1. The van der Waals surface area contributed by atoms with Crippen molar-refractivity contribution in [2.75, 3.05) is 13.2 Å². The number of rotatable bonds is 7. The van der Waals surface area contributed by atoms with Gasteiger partial charge in [-0.2, -0.15) is 0 Å². The molecule has 0 atom stereocenters. The first-order valence-corrected chi connectivity index (χ1v) is 7.96. The molecule has 0 radical (unpaired) electrons. The van der Waals surface area contributed by atoms with E-state index in [-0.39, 0.29) is 36.8 Å². The molecule has 7 nitrogen and oxygen atoms in total. The van der Waals surface area contributed by atoms with Crippen LogP contribution in [0.25, 0.3) is 10.9 Å². The smallest absolute Gasteiger partial charge is 0.306 e. The first-order valence-electron chi connectivity index (χ1n) is 7.96. The number of aromatic amines is 1. The number of hydrogen-bond acceptors (Lipinski definition) is 5. The molecule has 1 heterocycles. The molecule has 1 aromatic carbocycles. The molecule has 2 rings (SSSR count). The third-order valence-electron chi connectivity index (χ3n) is 3.59. The van der Waals surface area contributed by atoms with Crippen LogP contribution in [0.2, 0.25) is 0 Å². The maximum atomic E-state index is 12.2. The average molecular weight is 331 g/mol. The van der Waals surface area contributed by atoms with E-state index in [1.165, 1.54) is 0 Å². The molecule has 0 bridgehead atoms. The summed E-state index contributed by atoms with van der Waals surface area (Å²) >= 11 is 0. The van der Waals surface area contributed by atoms with Gasteiger partial charge in [-0.05, 0) is 26.0 Å². The topological polar surface area (TPSA) is 92.4 Å². The van der Waals surface area contributed by atoms with E-state index in [2.05, 4.69) is 9.97 Å². The van der Waals surface area contributed by atoms with Gasteiger partial charge in [0.1, 0.15) is 5.82 Å². The van der Waals surface area contributed by atoms with Crippen LogP contribution in [0.3, 0.4) is 0 Å². The molecule has 0 aliphatic carbocycles. The first-order chi connectivity index (χ1) is 11.5. The summed E-state index contributed by atoms with van der Waals surface area (Å²) in [5.41, 5.74) is 0.358. The number of hydrogen-bond donors (Lipinski definition) is 1. The van der Waals surface area contributed by atoms with Crippen LogP contribution < -0.4 is 5.56 Å². The molecule has 2 aromatic rings. The predicted molar refractivity (Wildman–Crippen MR) is 89.3 cm³/mol. The molecule has 0 aliphatic heterocycles. The highest BCUT2D eigenvalue weighted by atomic mass is 16.5. The van der Waals surface area contributed by atoms with Gasteiger partial charge in [0.25, 0.3) is 5.56 Å². The number of fused-ring (bicyclic) bond motifs is 1. The molecule has 0 aliphatic rings. The van der Waals surface area contributed by atoms with Crippen molar-refractivity contribution < 1.29 is 14.3 Å². The van der Waals surface area contributed by atoms with Crippen LogP contribution in [-0.4, -0.2) is 39.9 Å². The van der Waals surface area contributed by atoms with Crippen LogP contribution in [0.4, 0.5) is 0 Å². The molecule has 0 unspecified atom stereocenters. The van der Waals surface area contributed by atoms with Crippen LogP contribution in [0, 0.1) is 0 Å². The van der Waals surface area contributed by atoms with E-state index < -0.39 is 0 Å². The number of nitrogens with one attached hydrogen (secondary N) is 1. The molecule has 24 heavy (non-hydrogen) atoms. The zero-order valence-corrected chi connectivity index (χ0v) is 13.9. The Labute approximate surface area is 139 Å². The van der Waals surface area contributed by atoms with Gasteiger partial charge in [0.2, 0.25) is 5.91 Å². The van der Waals surface area contributed by atoms with Crippen LogP contribution in [-0.2, 0) is 20.9 Å². The standard InChI is InChI=1S/C17H21N3O4/c1-3-20(15(21)9-10-16(22)24-4-2)11-14-18-13-8-6-5-7-12(13)17(23)19-14/h5-8H,3-4,9-11H2,1-2H3,(H,18,19,23). The highest BCUT2D eigenvalue weighted by Gasteiger charge is 2.16. The van der Waals surface area contributed by atoms with Crippen molar-refractivity contribution in [1.29, 1.82) is 0 Å². The lowest BCUT2D eigenvalue weighted by Gasteiger charge is -2.20. The average Bonchev–Trinajstić information content (AvgIpc) is 2.58. The third-order valence-corrected chi connectivity index (χ3v) is 3.59. The van der Waals surface area contributed by atoms with E-state index in [1.807, 2.05) is 6.92 Å².